The minimum absolute atomic E-state index is 0. The quantitative estimate of drug-likeness (QED) is 0.698. The molecule has 1 fully saturated rings. The largest absolute Gasteiger partial charge is 0.309 e. The summed E-state index contributed by atoms with van der Waals surface area (Å²) < 4.78 is 1.17. The van der Waals surface area contributed by atoms with Gasteiger partial charge < -0.3 is 4.90 Å². The molecule has 0 spiro atoms. The number of amides is 1. The molecule has 26 heavy (non-hydrogen) atoms. The van der Waals surface area contributed by atoms with E-state index in [0.29, 0.717) is 0 Å². The molecule has 1 aliphatic carbocycles. The van der Waals surface area contributed by atoms with Crippen LogP contribution in [0.2, 0.25) is 0 Å². The maximum absolute atomic E-state index is 13.2. The Morgan fingerprint density at radius 3 is 2.62 bits per heavy atom. The Labute approximate surface area is 167 Å². The first kappa shape index (κ1) is 21.1. The summed E-state index contributed by atoms with van der Waals surface area (Å²) >= 11 is 1.65. The lowest BCUT2D eigenvalue weighted by Gasteiger charge is -2.28. The fourth-order valence-electron chi connectivity index (χ4n) is 3.55. The van der Waals surface area contributed by atoms with Gasteiger partial charge in [-0.15, -0.1) is 12.4 Å². The number of anilines is 1. The third-order valence-electron chi connectivity index (χ3n) is 4.97. The highest BCUT2D eigenvalue weighted by molar-refractivity contribution is 7.22. The first-order valence-corrected chi connectivity index (χ1v) is 10.2. The van der Waals surface area contributed by atoms with Crippen molar-refractivity contribution in [2.75, 3.05) is 32.1 Å². The van der Waals surface area contributed by atoms with Crippen molar-refractivity contribution in [3.05, 3.63) is 23.8 Å². The molecule has 1 saturated carbocycles. The van der Waals surface area contributed by atoms with Gasteiger partial charge in [-0.1, -0.05) is 36.7 Å². The summed E-state index contributed by atoms with van der Waals surface area (Å²) in [5, 5.41) is 0.870. The van der Waals surface area contributed by atoms with Crippen LogP contribution >= 0.6 is 23.7 Å². The number of aromatic nitrogens is 1. The molecule has 6 heteroatoms. The summed E-state index contributed by atoms with van der Waals surface area (Å²) in [5.41, 5.74) is 2.24. The molecule has 144 valence electrons. The van der Waals surface area contributed by atoms with Crippen molar-refractivity contribution in [2.24, 2.45) is 5.92 Å². The number of fused-ring (bicyclic) bond motifs is 1. The van der Waals surface area contributed by atoms with Crippen molar-refractivity contribution >= 4 is 45.0 Å². The van der Waals surface area contributed by atoms with Gasteiger partial charge in [-0.3, -0.25) is 9.69 Å². The molecule has 1 aromatic carbocycles. The fourth-order valence-corrected chi connectivity index (χ4v) is 4.65. The Morgan fingerprint density at radius 2 is 1.92 bits per heavy atom. The second-order valence-corrected chi connectivity index (χ2v) is 8.46. The molecule has 0 saturated heterocycles. The van der Waals surface area contributed by atoms with Gasteiger partial charge in [0, 0.05) is 12.5 Å². The van der Waals surface area contributed by atoms with E-state index in [-0.39, 0.29) is 24.2 Å². The molecule has 1 heterocycles. The van der Waals surface area contributed by atoms with E-state index in [1.807, 2.05) is 4.90 Å². The Morgan fingerprint density at radius 1 is 1.19 bits per heavy atom. The Hall–Kier alpha value is -1.17. The first-order chi connectivity index (χ1) is 12.0. The summed E-state index contributed by atoms with van der Waals surface area (Å²) in [4.78, 5) is 22.1. The predicted molar refractivity (Wildman–Crippen MR) is 114 cm³/mol. The highest BCUT2D eigenvalue weighted by Gasteiger charge is 2.28. The van der Waals surface area contributed by atoms with Crippen LogP contribution in [0, 0.1) is 12.8 Å². The molecule has 1 aliphatic rings. The Balaban J connectivity index is 0.00000243. The average Bonchev–Trinajstić information content (AvgIpc) is 3.01. The van der Waals surface area contributed by atoms with E-state index in [2.05, 4.69) is 44.1 Å². The number of hydrogen-bond donors (Lipinski definition) is 0. The number of rotatable bonds is 6. The number of aryl methyl sites for hydroxylation is 1. The standard InChI is InChI=1S/C20H29N3OS.ClH/c1-15-10-11-17-18(14-15)25-20(21-17)23(13-7-12-22(2)3)19(24)16-8-5-4-6-9-16;/h10-11,14,16H,4-9,12-13H2,1-3H3;1H. The van der Waals surface area contributed by atoms with Gasteiger partial charge in [0.2, 0.25) is 5.91 Å². The molecular formula is C20H30ClN3OS. The van der Waals surface area contributed by atoms with Gasteiger partial charge in [0.05, 0.1) is 10.2 Å². The van der Waals surface area contributed by atoms with Crippen molar-refractivity contribution in [1.29, 1.82) is 0 Å². The van der Waals surface area contributed by atoms with Crippen LogP contribution in [0.25, 0.3) is 10.2 Å². The van der Waals surface area contributed by atoms with Crippen molar-refractivity contribution in [3.8, 4) is 0 Å². The van der Waals surface area contributed by atoms with Gasteiger partial charge in [-0.25, -0.2) is 4.98 Å². The van der Waals surface area contributed by atoms with Crippen LogP contribution in [0.1, 0.15) is 44.1 Å². The van der Waals surface area contributed by atoms with Crippen LogP contribution in [0.4, 0.5) is 5.13 Å². The van der Waals surface area contributed by atoms with Crippen molar-refractivity contribution in [1.82, 2.24) is 9.88 Å². The zero-order valence-electron chi connectivity index (χ0n) is 16.0. The van der Waals surface area contributed by atoms with Gasteiger partial charge in [0.25, 0.3) is 0 Å². The Kier molecular flexibility index (Phi) is 7.86. The molecule has 0 atom stereocenters. The van der Waals surface area contributed by atoms with Crippen LogP contribution in [0.3, 0.4) is 0 Å². The van der Waals surface area contributed by atoms with Crippen molar-refractivity contribution in [2.45, 2.75) is 45.4 Å². The second-order valence-electron chi connectivity index (χ2n) is 7.45. The zero-order valence-corrected chi connectivity index (χ0v) is 17.7. The van der Waals surface area contributed by atoms with E-state index in [9.17, 15) is 4.79 Å². The van der Waals surface area contributed by atoms with Crippen LogP contribution in [0.5, 0.6) is 0 Å². The molecule has 4 nitrogen and oxygen atoms in total. The first-order valence-electron chi connectivity index (χ1n) is 9.38. The molecule has 3 rings (SSSR count). The fraction of sp³-hybridized carbons (Fsp3) is 0.600. The lowest BCUT2D eigenvalue weighted by molar-refractivity contribution is -0.123. The van der Waals surface area contributed by atoms with Crippen LogP contribution in [-0.2, 0) is 4.79 Å². The molecule has 0 bridgehead atoms. The minimum Gasteiger partial charge on any atom is -0.309 e. The topological polar surface area (TPSA) is 36.4 Å². The van der Waals surface area contributed by atoms with Gasteiger partial charge >= 0.3 is 0 Å². The van der Waals surface area contributed by atoms with Gasteiger partial charge in [0.1, 0.15) is 0 Å². The van der Waals surface area contributed by atoms with Crippen LogP contribution in [-0.4, -0.2) is 43.0 Å². The maximum atomic E-state index is 13.2. The van der Waals surface area contributed by atoms with Gasteiger partial charge in [0.15, 0.2) is 5.13 Å². The molecule has 1 amide bonds. The molecule has 0 unspecified atom stereocenters. The highest BCUT2D eigenvalue weighted by Crippen LogP contribution is 2.33. The summed E-state index contributed by atoms with van der Waals surface area (Å²) in [6.45, 7) is 3.84. The second kappa shape index (κ2) is 9.67. The van der Waals surface area contributed by atoms with E-state index in [0.717, 1.165) is 43.0 Å². The molecule has 0 radical (unpaired) electrons. The van der Waals surface area contributed by atoms with Gasteiger partial charge in [-0.05, 0) is 64.5 Å². The highest BCUT2D eigenvalue weighted by atomic mass is 35.5. The Bertz CT molecular complexity index is 725. The minimum atomic E-state index is 0. The summed E-state index contributed by atoms with van der Waals surface area (Å²) in [5.74, 6) is 0.469. The SMILES string of the molecule is Cc1ccc2nc(N(CCCN(C)C)C(=O)C3CCCCC3)sc2c1.Cl. The van der Waals surface area contributed by atoms with Crippen molar-refractivity contribution < 1.29 is 4.79 Å². The molecular weight excluding hydrogens is 366 g/mol. The smallest absolute Gasteiger partial charge is 0.231 e. The third kappa shape index (κ3) is 5.18. The van der Waals surface area contributed by atoms with Gasteiger partial charge in [-0.2, -0.15) is 0 Å². The van der Waals surface area contributed by atoms with Crippen LogP contribution < -0.4 is 4.90 Å². The normalized spacial score (nSPS) is 15.2. The third-order valence-corrected chi connectivity index (χ3v) is 6.01. The number of carbonyl (C=O) groups is 1. The number of halogens is 1. The lowest BCUT2D eigenvalue weighted by Crippen LogP contribution is -2.38. The monoisotopic (exact) mass is 395 g/mol. The number of hydrogen-bond acceptors (Lipinski definition) is 4. The zero-order chi connectivity index (χ0) is 17.8. The number of nitrogens with zero attached hydrogens (tertiary/aromatic N) is 3. The van der Waals surface area contributed by atoms with E-state index in [1.165, 1.54) is 29.5 Å². The molecule has 1 aromatic heterocycles. The van der Waals surface area contributed by atoms with Crippen molar-refractivity contribution in [3.63, 3.8) is 0 Å². The predicted octanol–water partition coefficient (Wildman–Crippen LogP) is 4.89. The number of thiazole rings is 1. The number of carbonyl (C=O) groups excluding carboxylic acids is 1. The average molecular weight is 396 g/mol. The van der Waals surface area contributed by atoms with Crippen LogP contribution in [0.15, 0.2) is 18.2 Å². The summed E-state index contributed by atoms with van der Waals surface area (Å²) in [7, 11) is 4.15. The van der Waals surface area contributed by atoms with E-state index >= 15 is 0 Å². The number of benzene rings is 1. The molecule has 0 N–H and O–H groups in total. The van der Waals surface area contributed by atoms with E-state index in [4.69, 9.17) is 4.98 Å². The van der Waals surface area contributed by atoms with E-state index in [1.54, 1.807) is 11.3 Å². The molecule has 0 aliphatic heterocycles. The maximum Gasteiger partial charge on any atom is 0.231 e. The lowest BCUT2D eigenvalue weighted by atomic mass is 9.88. The summed E-state index contributed by atoms with van der Waals surface area (Å²) in [6.07, 6.45) is 6.67. The van der Waals surface area contributed by atoms with E-state index < -0.39 is 0 Å². The molecule has 2 aromatic rings. The summed E-state index contributed by atoms with van der Waals surface area (Å²) in [6, 6.07) is 6.32.